The fourth-order valence-corrected chi connectivity index (χ4v) is 9.44. The lowest BCUT2D eigenvalue weighted by Gasteiger charge is -2.26. The number of hydrogen-bond acceptors (Lipinski definition) is 27. The Hall–Kier alpha value is -1.26. The van der Waals surface area contributed by atoms with Crippen LogP contribution >= 0.6 is 60.3 Å². The minimum atomic E-state index is -0.266. The molecule has 9 heterocycles. The van der Waals surface area contributed by atoms with Gasteiger partial charge in [0.25, 0.3) is 0 Å². The van der Waals surface area contributed by atoms with Crippen molar-refractivity contribution in [3.63, 3.8) is 0 Å². The molecular weight excluding hydrogens is 1030 g/mol. The summed E-state index contributed by atoms with van der Waals surface area (Å²) in [4.78, 5) is 4.67. The van der Waals surface area contributed by atoms with Crippen LogP contribution in [0.3, 0.4) is 0 Å². The highest BCUT2D eigenvalue weighted by Gasteiger charge is 2.31. The first-order chi connectivity index (χ1) is 33.5. The zero-order chi connectivity index (χ0) is 55.3. The van der Waals surface area contributed by atoms with Crippen molar-refractivity contribution >= 4 is 60.3 Å². The van der Waals surface area contributed by atoms with E-state index in [-0.39, 0.29) is 20.7 Å². The van der Waals surface area contributed by atoms with Gasteiger partial charge in [-0.15, -0.1) is 0 Å². The molecule has 420 valence electrons. The van der Waals surface area contributed by atoms with Gasteiger partial charge in [0, 0.05) is 142 Å². The van der Waals surface area contributed by atoms with Crippen molar-refractivity contribution in [2.45, 2.75) is 185 Å². The summed E-state index contributed by atoms with van der Waals surface area (Å²) in [6, 6.07) is 6.05. The van der Waals surface area contributed by atoms with Crippen LogP contribution in [0.15, 0.2) is 27.4 Å². The summed E-state index contributed by atoms with van der Waals surface area (Å²) in [6.45, 7) is 36.0. The van der Waals surface area contributed by atoms with Crippen molar-refractivity contribution in [3.8, 4) is 0 Å². The molecule has 2 aromatic heterocycles. The van der Waals surface area contributed by atoms with Crippen LogP contribution < -0.4 is 56.1 Å². The first kappa shape index (κ1) is 68.8. The molecule has 11 N–H and O–H groups in total. The number of quaternary nitrogens is 4. The van der Waals surface area contributed by atoms with Gasteiger partial charge in [-0.25, -0.2) is 66.4 Å². The van der Waals surface area contributed by atoms with Gasteiger partial charge in [-0.3, -0.25) is 0 Å². The van der Waals surface area contributed by atoms with E-state index in [1.165, 1.54) is 18.8 Å². The molecule has 9 rings (SSSR count). The van der Waals surface area contributed by atoms with Gasteiger partial charge >= 0.3 is 0 Å². The van der Waals surface area contributed by atoms with Crippen LogP contribution in [0.1, 0.15) is 120 Å². The van der Waals surface area contributed by atoms with E-state index >= 15 is 0 Å². The number of hydrogen-bond donors (Lipinski definition) is 11. The molecule has 0 spiro atoms. The molecule has 7 aliphatic rings. The first-order valence-electron chi connectivity index (χ1n) is 23.8. The van der Waals surface area contributed by atoms with Crippen LogP contribution in [0.4, 0.5) is 0 Å². The second-order valence-electron chi connectivity index (χ2n) is 18.4. The molecule has 31 heteroatoms. The summed E-state index contributed by atoms with van der Waals surface area (Å²) in [5, 5.41) is 50.5. The second-order valence-corrected chi connectivity index (χ2v) is 22.9. The number of rotatable bonds is 0. The third-order valence-corrected chi connectivity index (χ3v) is 18.0. The lowest BCUT2D eigenvalue weighted by Crippen LogP contribution is -3.29. The molecule has 0 radical (unpaired) electrons. The van der Waals surface area contributed by atoms with Gasteiger partial charge in [0.1, 0.15) is 11.4 Å². The van der Waals surface area contributed by atoms with Crippen molar-refractivity contribution in [2.75, 3.05) is 35.2 Å². The molecule has 5 saturated heterocycles. The number of aromatic nitrogens is 4. The molecule has 0 saturated carbocycles. The van der Waals surface area contributed by atoms with Crippen molar-refractivity contribution in [2.24, 2.45) is 0 Å². The SMILES string of the molecule is CC1=C(C)[NH+]([O-])N(C)[NH+]1[O-].CC1=C(C)[NH+]([O-])N[NH+]1[O-].CC1C(C)N(C)SN1C.CC1NONC1C.CC1NSN(C)C1C.CC1NSN(C)C1C.CC1NSNC1C.Cc1nonc1C.Cc1nsnc1C. The maximum Gasteiger partial charge on any atom is 0.187 e. The van der Waals surface area contributed by atoms with Gasteiger partial charge in [0.2, 0.25) is 0 Å². The Morgan fingerprint density at radius 3 is 0.931 bits per heavy atom. The highest BCUT2D eigenvalue weighted by atomic mass is 32.2. The zero-order valence-corrected chi connectivity index (χ0v) is 50.9. The molecule has 2 aromatic rings. The Morgan fingerprint density at radius 2 is 0.819 bits per heavy atom. The van der Waals surface area contributed by atoms with Gasteiger partial charge in [0.15, 0.2) is 22.8 Å². The number of nitrogens with one attached hydrogen (secondary N) is 11. The molecule has 72 heavy (non-hydrogen) atoms. The van der Waals surface area contributed by atoms with Gasteiger partial charge in [-0.05, 0) is 131 Å². The third kappa shape index (κ3) is 23.1. The maximum absolute atomic E-state index is 11.0. The van der Waals surface area contributed by atoms with E-state index in [4.69, 9.17) is 0 Å². The summed E-state index contributed by atoms with van der Waals surface area (Å²) in [6.07, 6.45) is 0. The molecule has 0 amide bonds. The van der Waals surface area contributed by atoms with Crippen LogP contribution in [-0.4, -0.2) is 137 Å². The highest BCUT2D eigenvalue weighted by molar-refractivity contribution is 7.96. The molecular formula is C41H90N20O6S5. The van der Waals surface area contributed by atoms with E-state index in [1.807, 2.05) is 27.7 Å². The summed E-state index contributed by atoms with van der Waals surface area (Å²) >= 11 is 8.05. The average Bonchev–Trinajstić information content (AvgIpc) is 4.27. The van der Waals surface area contributed by atoms with Crippen molar-refractivity contribution < 1.29 is 30.3 Å². The van der Waals surface area contributed by atoms with E-state index in [0.29, 0.717) is 83.2 Å². The Kier molecular flexibility index (Phi) is 32.9. The predicted octanol–water partition coefficient (Wildman–Crippen LogP) is 0.306. The van der Waals surface area contributed by atoms with Gasteiger partial charge in [0.05, 0.1) is 30.2 Å². The lowest BCUT2D eigenvalue weighted by molar-refractivity contribution is -1.15. The molecule has 0 aliphatic carbocycles. The summed E-state index contributed by atoms with van der Waals surface area (Å²) in [7, 11) is 9.97. The summed E-state index contributed by atoms with van der Waals surface area (Å²) in [5.74, 6) is 0. The van der Waals surface area contributed by atoms with Crippen LogP contribution in [0.2, 0.25) is 0 Å². The number of nitrogens with zero attached hydrogens (tertiary/aromatic N) is 9. The van der Waals surface area contributed by atoms with Crippen LogP contribution in [0.5, 0.6) is 0 Å². The minimum Gasteiger partial charge on any atom is -0.604 e. The standard InChI is InChI=1S/C6H14N2S.C5H11N3O2.2C5H12N2S.C4H9N3O2.C4H10N2O.C4H6N2O.C4H10N2S.C4H6N2S/c1-5-6(2)8(4)9-7(5)3;1-4-5(2)8(10)6(3)7(4)9;2*1-4-5(2)7(3)8-6-4;1-3-4(2)7(9)5-6(3)8;4*1-3-4(2)6-7-5-3/h5-6H,1-4H3;7-8H,1-3H3;2*4-6H,1-3H3;5-7H,1-2H3;3-6H,1-2H3;1-2H3;3-6H,1-2H3;1-2H3. The highest BCUT2D eigenvalue weighted by Crippen LogP contribution is 2.29. The lowest BCUT2D eigenvalue weighted by atomic mass is 10.2. The number of hydroxylamine groups is 6. The Labute approximate surface area is 451 Å². The molecule has 26 nitrogen and oxygen atoms in total. The Bertz CT molecular complexity index is 1690. The van der Waals surface area contributed by atoms with Gasteiger partial charge in [-0.2, -0.15) is 19.7 Å². The van der Waals surface area contributed by atoms with E-state index < -0.39 is 0 Å². The Morgan fingerprint density at radius 1 is 0.458 bits per heavy atom. The topological polar surface area (TPSA) is 284 Å². The maximum atomic E-state index is 11.0. The molecule has 14 atom stereocenters. The van der Waals surface area contributed by atoms with Crippen molar-refractivity contribution in [1.29, 1.82) is 0 Å². The summed E-state index contributed by atoms with van der Waals surface area (Å²) < 4.78 is 34.1. The van der Waals surface area contributed by atoms with Crippen LogP contribution in [0.25, 0.3) is 0 Å². The average molecular weight is 1120 g/mol. The van der Waals surface area contributed by atoms with Crippen LogP contribution in [-0.2, 0) is 4.94 Å². The van der Waals surface area contributed by atoms with E-state index in [2.05, 4.69) is 179 Å². The van der Waals surface area contributed by atoms with E-state index in [9.17, 15) is 20.8 Å². The second kappa shape index (κ2) is 34.5. The molecule has 5 fully saturated rings. The monoisotopic (exact) mass is 1120 g/mol. The largest absolute Gasteiger partial charge is 0.604 e. The minimum absolute atomic E-state index is 0.178. The fourth-order valence-electron chi connectivity index (χ4n) is 5.23. The molecule has 0 aromatic carbocycles. The van der Waals surface area contributed by atoms with Crippen LogP contribution in [0, 0.1) is 48.5 Å². The quantitative estimate of drug-likeness (QED) is 0.125. The van der Waals surface area contributed by atoms with Crippen molar-refractivity contribution in [3.05, 3.63) is 66.4 Å². The smallest absolute Gasteiger partial charge is 0.187 e. The molecule has 14 unspecified atom stereocenters. The van der Waals surface area contributed by atoms with Gasteiger partial charge < -0.3 is 20.8 Å². The van der Waals surface area contributed by atoms with E-state index in [1.54, 1.807) is 76.2 Å². The predicted molar refractivity (Wildman–Crippen MR) is 294 cm³/mol. The molecule has 0 bridgehead atoms. The third-order valence-electron chi connectivity index (χ3n) is 13.0. The number of aryl methyl sites for hydroxylation is 4. The van der Waals surface area contributed by atoms with E-state index in [0.717, 1.165) is 27.9 Å². The Balaban J connectivity index is 0.000000406. The number of likely N-dealkylation sites (N-methyl/N-ethyl adjacent to an activating group) is 4. The fraction of sp³-hybridized carbons (Fsp3) is 0.805. The molecule has 7 aliphatic heterocycles. The van der Waals surface area contributed by atoms with Gasteiger partial charge in [-0.1, -0.05) is 10.3 Å². The first-order valence-corrected chi connectivity index (χ1v) is 27.6. The normalized spacial score (nSPS) is 33.5. The summed E-state index contributed by atoms with van der Waals surface area (Å²) in [5.41, 5.74) is 13.7. The zero-order valence-electron chi connectivity index (χ0n) is 46.8. The number of allylic oxidation sites excluding steroid dienone is 4. The van der Waals surface area contributed by atoms with Crippen molar-refractivity contribution in [1.82, 2.24) is 76.8 Å².